The molecule has 4 aromatic rings. The zero-order chi connectivity index (χ0) is 18.8. The van der Waals surface area contributed by atoms with E-state index in [2.05, 4.69) is 15.5 Å². The molecule has 6 heteroatoms. The Morgan fingerprint density at radius 3 is 2.48 bits per heavy atom. The average Bonchev–Trinajstić information content (AvgIpc) is 3.16. The number of halogens is 1. The van der Waals surface area contributed by atoms with E-state index in [9.17, 15) is 4.79 Å². The maximum absolute atomic E-state index is 10.8. The predicted octanol–water partition coefficient (Wildman–Crippen LogP) is 4.72. The third kappa shape index (κ3) is 3.37. The van der Waals surface area contributed by atoms with Crippen LogP contribution in [0.5, 0.6) is 0 Å². The highest BCUT2D eigenvalue weighted by atomic mass is 35.5. The number of rotatable bonds is 4. The number of amides is 2. The summed E-state index contributed by atoms with van der Waals surface area (Å²) < 4.78 is 0. The van der Waals surface area contributed by atoms with Crippen molar-refractivity contribution in [2.24, 2.45) is 5.73 Å². The molecule has 0 aliphatic rings. The second-order valence-electron chi connectivity index (χ2n) is 6.22. The van der Waals surface area contributed by atoms with Crippen LogP contribution in [0.15, 0.2) is 66.9 Å². The molecule has 0 aliphatic heterocycles. The van der Waals surface area contributed by atoms with Crippen LogP contribution >= 0.6 is 11.6 Å². The van der Waals surface area contributed by atoms with Gasteiger partial charge in [0.1, 0.15) is 0 Å². The number of urea groups is 1. The zero-order valence-corrected chi connectivity index (χ0v) is 15.1. The highest BCUT2D eigenvalue weighted by molar-refractivity contribution is 6.36. The highest BCUT2D eigenvalue weighted by Crippen LogP contribution is 2.38. The number of nitrogens with zero attached hydrogens (tertiary/aromatic N) is 1. The van der Waals surface area contributed by atoms with Crippen molar-refractivity contribution in [2.75, 3.05) is 0 Å². The Hall–Kier alpha value is -3.31. The first-order chi connectivity index (χ1) is 13.1. The van der Waals surface area contributed by atoms with E-state index in [1.165, 1.54) is 0 Å². The molecule has 0 aliphatic carbocycles. The van der Waals surface area contributed by atoms with Crippen LogP contribution in [0, 0.1) is 0 Å². The van der Waals surface area contributed by atoms with Gasteiger partial charge < -0.3 is 11.1 Å². The molecule has 0 fully saturated rings. The van der Waals surface area contributed by atoms with Crippen molar-refractivity contribution in [1.29, 1.82) is 0 Å². The van der Waals surface area contributed by atoms with E-state index in [1.807, 2.05) is 66.9 Å². The summed E-state index contributed by atoms with van der Waals surface area (Å²) in [6.45, 7) is 0.395. The molecular weight excluding hydrogens is 360 g/mol. The van der Waals surface area contributed by atoms with Crippen LogP contribution in [0.2, 0.25) is 5.02 Å². The molecule has 1 heterocycles. The van der Waals surface area contributed by atoms with Crippen molar-refractivity contribution >= 4 is 28.5 Å². The maximum atomic E-state index is 10.8. The minimum Gasteiger partial charge on any atom is -0.352 e. The minimum absolute atomic E-state index is 0.395. The Labute approximate surface area is 161 Å². The lowest BCUT2D eigenvalue weighted by Gasteiger charge is -2.12. The monoisotopic (exact) mass is 376 g/mol. The van der Waals surface area contributed by atoms with Crippen LogP contribution in [0.1, 0.15) is 5.56 Å². The van der Waals surface area contributed by atoms with E-state index in [-0.39, 0.29) is 0 Å². The first kappa shape index (κ1) is 17.1. The molecule has 134 valence electrons. The smallest absolute Gasteiger partial charge is 0.312 e. The van der Waals surface area contributed by atoms with Gasteiger partial charge in [0.25, 0.3) is 0 Å². The van der Waals surface area contributed by atoms with Gasteiger partial charge in [-0.3, -0.25) is 5.10 Å². The van der Waals surface area contributed by atoms with E-state index in [0.29, 0.717) is 11.6 Å². The second kappa shape index (κ2) is 7.13. The SMILES string of the molecule is NC(=O)NCc1ccc(-c2cccc(-c3cccc4[nH]ncc34)c2Cl)cc1. The fourth-order valence-electron chi connectivity index (χ4n) is 3.16. The second-order valence-corrected chi connectivity index (χ2v) is 6.60. The van der Waals surface area contributed by atoms with Gasteiger partial charge in [0.15, 0.2) is 0 Å². The number of H-pyrrole nitrogens is 1. The Kier molecular flexibility index (Phi) is 4.52. The molecule has 5 nitrogen and oxygen atoms in total. The van der Waals surface area contributed by atoms with E-state index in [0.717, 1.165) is 38.7 Å². The summed E-state index contributed by atoms with van der Waals surface area (Å²) in [5.74, 6) is 0. The van der Waals surface area contributed by atoms with Crippen LogP contribution in [0.3, 0.4) is 0 Å². The Balaban J connectivity index is 1.72. The number of fused-ring (bicyclic) bond motifs is 1. The number of aromatic nitrogens is 2. The normalized spacial score (nSPS) is 10.9. The van der Waals surface area contributed by atoms with Crippen LogP contribution in [-0.4, -0.2) is 16.2 Å². The van der Waals surface area contributed by atoms with Gasteiger partial charge in [0.05, 0.1) is 16.7 Å². The Bertz CT molecular complexity index is 1120. The number of benzene rings is 3. The Morgan fingerprint density at radius 1 is 1.00 bits per heavy atom. The lowest BCUT2D eigenvalue weighted by Crippen LogP contribution is -2.28. The van der Waals surface area contributed by atoms with Crippen molar-refractivity contribution in [2.45, 2.75) is 6.54 Å². The van der Waals surface area contributed by atoms with Crippen LogP contribution in [0.25, 0.3) is 33.2 Å². The molecule has 3 aromatic carbocycles. The average molecular weight is 377 g/mol. The van der Waals surface area contributed by atoms with Crippen LogP contribution < -0.4 is 11.1 Å². The summed E-state index contributed by atoms with van der Waals surface area (Å²) in [5.41, 5.74) is 11.0. The highest BCUT2D eigenvalue weighted by Gasteiger charge is 2.13. The molecule has 0 spiro atoms. The minimum atomic E-state index is -0.539. The van der Waals surface area contributed by atoms with Crippen LogP contribution in [-0.2, 0) is 6.54 Å². The van der Waals surface area contributed by atoms with Crippen molar-refractivity contribution in [1.82, 2.24) is 15.5 Å². The van der Waals surface area contributed by atoms with Crippen molar-refractivity contribution < 1.29 is 4.79 Å². The quantitative estimate of drug-likeness (QED) is 0.481. The molecule has 0 saturated heterocycles. The van der Waals surface area contributed by atoms with E-state index in [4.69, 9.17) is 17.3 Å². The first-order valence-corrected chi connectivity index (χ1v) is 8.85. The van der Waals surface area contributed by atoms with Crippen LogP contribution in [0.4, 0.5) is 4.79 Å². The molecule has 4 N–H and O–H groups in total. The lowest BCUT2D eigenvalue weighted by atomic mass is 9.96. The third-order valence-electron chi connectivity index (χ3n) is 4.51. The first-order valence-electron chi connectivity index (χ1n) is 8.47. The standard InChI is InChI=1S/C21H17ClN4O/c22-20-15(14-9-7-13(8-10-14)11-24-21(23)27)3-1-5-17(20)16-4-2-6-19-18(16)12-25-26-19/h1-10,12H,11H2,(H,25,26)(H3,23,24,27). The molecular formula is C21H17ClN4O. The lowest BCUT2D eigenvalue weighted by molar-refractivity contribution is 0.248. The van der Waals surface area contributed by atoms with Gasteiger partial charge in [0.2, 0.25) is 0 Å². The van der Waals surface area contributed by atoms with E-state index < -0.39 is 6.03 Å². The fourth-order valence-corrected chi connectivity index (χ4v) is 3.49. The summed E-state index contributed by atoms with van der Waals surface area (Å²) >= 11 is 6.78. The van der Waals surface area contributed by atoms with E-state index >= 15 is 0 Å². The van der Waals surface area contributed by atoms with Gasteiger partial charge in [-0.2, -0.15) is 5.10 Å². The summed E-state index contributed by atoms with van der Waals surface area (Å²) in [5, 5.41) is 11.4. The van der Waals surface area contributed by atoms with Gasteiger partial charge >= 0.3 is 6.03 Å². The topological polar surface area (TPSA) is 83.8 Å². The van der Waals surface area contributed by atoms with Crippen molar-refractivity contribution in [3.63, 3.8) is 0 Å². The number of primary amides is 1. The number of nitrogens with one attached hydrogen (secondary N) is 2. The van der Waals surface area contributed by atoms with Gasteiger partial charge in [-0.05, 0) is 22.8 Å². The van der Waals surface area contributed by atoms with Crippen molar-refractivity contribution in [3.8, 4) is 22.3 Å². The van der Waals surface area contributed by atoms with Gasteiger partial charge in [0, 0.05) is 23.1 Å². The fraction of sp³-hybridized carbons (Fsp3) is 0.0476. The molecule has 0 bridgehead atoms. The number of carbonyl (C=O) groups is 1. The molecule has 0 atom stereocenters. The van der Waals surface area contributed by atoms with Crippen molar-refractivity contribution in [3.05, 3.63) is 77.4 Å². The Morgan fingerprint density at radius 2 is 1.70 bits per heavy atom. The van der Waals surface area contributed by atoms with E-state index in [1.54, 1.807) is 0 Å². The molecule has 2 amide bonds. The molecule has 0 saturated carbocycles. The zero-order valence-electron chi connectivity index (χ0n) is 14.4. The number of nitrogens with two attached hydrogens (primary N) is 1. The molecule has 27 heavy (non-hydrogen) atoms. The van der Waals surface area contributed by atoms with Gasteiger partial charge in [-0.1, -0.05) is 66.2 Å². The summed E-state index contributed by atoms with van der Waals surface area (Å²) in [7, 11) is 0. The molecule has 0 unspecified atom stereocenters. The number of aromatic amines is 1. The number of hydrogen-bond acceptors (Lipinski definition) is 2. The molecule has 1 aromatic heterocycles. The molecule has 0 radical (unpaired) electrons. The third-order valence-corrected chi connectivity index (χ3v) is 4.91. The predicted molar refractivity (Wildman–Crippen MR) is 108 cm³/mol. The summed E-state index contributed by atoms with van der Waals surface area (Å²) in [4.78, 5) is 10.8. The van der Waals surface area contributed by atoms with Gasteiger partial charge in [-0.15, -0.1) is 0 Å². The van der Waals surface area contributed by atoms with Gasteiger partial charge in [-0.25, -0.2) is 4.79 Å². The summed E-state index contributed by atoms with van der Waals surface area (Å²) in [6, 6.07) is 19.4. The largest absolute Gasteiger partial charge is 0.352 e. The maximum Gasteiger partial charge on any atom is 0.312 e. The number of hydrogen-bond donors (Lipinski definition) is 3. The number of carbonyl (C=O) groups excluding carboxylic acids is 1. The summed E-state index contributed by atoms with van der Waals surface area (Å²) in [6.07, 6.45) is 1.81. The molecule has 4 rings (SSSR count).